The van der Waals surface area contributed by atoms with Gasteiger partial charge in [-0.05, 0) is 37.2 Å². The molecule has 5 heteroatoms. The number of rotatable bonds is 3. The molecule has 0 aliphatic carbocycles. The van der Waals surface area contributed by atoms with Crippen LogP contribution in [0.3, 0.4) is 0 Å². The maximum Gasteiger partial charge on any atom is 0.123 e. The summed E-state index contributed by atoms with van der Waals surface area (Å²) in [5.41, 5.74) is 4.66. The average molecular weight is 253 g/mol. The van der Waals surface area contributed by atoms with Gasteiger partial charge >= 0.3 is 0 Å². The molecular formula is C13H20FN3O. The van der Waals surface area contributed by atoms with Gasteiger partial charge in [0, 0.05) is 13.1 Å². The molecule has 0 bridgehead atoms. The first-order valence-corrected chi connectivity index (χ1v) is 6.14. The summed E-state index contributed by atoms with van der Waals surface area (Å²) in [4.78, 5) is 2.21. The van der Waals surface area contributed by atoms with Crippen LogP contribution in [0.4, 0.5) is 4.39 Å². The van der Waals surface area contributed by atoms with Crippen LogP contribution in [0, 0.1) is 12.7 Å². The van der Waals surface area contributed by atoms with Gasteiger partial charge in [-0.1, -0.05) is 6.07 Å². The number of hydrogen-bond acceptors (Lipinski definition) is 4. The molecule has 2 rings (SSSR count). The maximum atomic E-state index is 13.1. The van der Waals surface area contributed by atoms with Crippen molar-refractivity contribution in [2.75, 3.05) is 26.7 Å². The second-order valence-electron chi connectivity index (χ2n) is 4.82. The van der Waals surface area contributed by atoms with Crippen LogP contribution in [0.25, 0.3) is 0 Å². The molecule has 1 saturated heterocycles. The average Bonchev–Trinajstić information content (AvgIpc) is 2.33. The van der Waals surface area contributed by atoms with Crippen LogP contribution in [-0.4, -0.2) is 37.7 Å². The second kappa shape index (κ2) is 5.75. The lowest BCUT2D eigenvalue weighted by molar-refractivity contribution is -0.0394. The predicted molar refractivity (Wildman–Crippen MR) is 68.4 cm³/mol. The number of ether oxygens (including phenoxy) is 1. The molecule has 18 heavy (non-hydrogen) atoms. The molecular weight excluding hydrogens is 233 g/mol. The van der Waals surface area contributed by atoms with Crippen molar-refractivity contribution in [3.8, 4) is 0 Å². The number of aryl methyl sites for hydroxylation is 1. The van der Waals surface area contributed by atoms with Crippen molar-refractivity contribution < 1.29 is 9.13 Å². The lowest BCUT2D eigenvalue weighted by Gasteiger charge is -2.35. The minimum absolute atomic E-state index is 0.0158. The first-order valence-electron chi connectivity index (χ1n) is 6.14. The van der Waals surface area contributed by atoms with E-state index < -0.39 is 0 Å². The highest BCUT2D eigenvalue weighted by molar-refractivity contribution is 5.30. The molecule has 2 unspecified atom stereocenters. The van der Waals surface area contributed by atoms with Crippen LogP contribution in [0.15, 0.2) is 18.2 Å². The minimum Gasteiger partial charge on any atom is -0.374 e. The van der Waals surface area contributed by atoms with E-state index in [2.05, 4.69) is 17.4 Å². The standard InChI is InChI=1S/C13H20FN3O/c1-9-7-10(14)3-4-11(9)13(16-15)12-8-17(2)5-6-18-12/h3-4,7,12-13,16H,5-6,8,15H2,1-2H3. The van der Waals surface area contributed by atoms with E-state index in [1.807, 2.05) is 6.92 Å². The zero-order chi connectivity index (χ0) is 13.1. The monoisotopic (exact) mass is 253 g/mol. The number of nitrogens with zero attached hydrogens (tertiary/aromatic N) is 1. The summed E-state index contributed by atoms with van der Waals surface area (Å²) >= 11 is 0. The second-order valence-corrected chi connectivity index (χ2v) is 4.82. The van der Waals surface area contributed by atoms with Gasteiger partial charge in [0.25, 0.3) is 0 Å². The fourth-order valence-corrected chi connectivity index (χ4v) is 2.40. The van der Waals surface area contributed by atoms with E-state index in [0.29, 0.717) is 6.61 Å². The zero-order valence-electron chi connectivity index (χ0n) is 10.8. The van der Waals surface area contributed by atoms with Gasteiger partial charge in [-0.15, -0.1) is 0 Å². The number of likely N-dealkylation sites (N-methyl/N-ethyl adjacent to an activating group) is 1. The summed E-state index contributed by atoms with van der Waals surface area (Å²) in [6.07, 6.45) is -0.0158. The third-order valence-electron chi connectivity index (χ3n) is 3.41. The summed E-state index contributed by atoms with van der Waals surface area (Å²) in [5.74, 6) is 5.42. The van der Waals surface area contributed by atoms with Crippen LogP contribution < -0.4 is 11.3 Å². The Balaban J connectivity index is 2.21. The van der Waals surface area contributed by atoms with Gasteiger partial charge in [0.05, 0.1) is 18.8 Å². The molecule has 0 saturated carbocycles. The van der Waals surface area contributed by atoms with Crippen molar-refractivity contribution in [2.45, 2.75) is 19.1 Å². The molecule has 0 spiro atoms. The quantitative estimate of drug-likeness (QED) is 0.622. The zero-order valence-corrected chi connectivity index (χ0v) is 10.8. The summed E-state index contributed by atoms with van der Waals surface area (Å²) < 4.78 is 18.9. The molecule has 1 aromatic carbocycles. The third-order valence-corrected chi connectivity index (χ3v) is 3.41. The molecule has 3 N–H and O–H groups in total. The van der Waals surface area contributed by atoms with Crippen LogP contribution in [-0.2, 0) is 4.74 Å². The van der Waals surface area contributed by atoms with E-state index >= 15 is 0 Å². The van der Waals surface area contributed by atoms with Gasteiger partial charge in [-0.2, -0.15) is 0 Å². The largest absolute Gasteiger partial charge is 0.374 e. The van der Waals surface area contributed by atoms with Crippen LogP contribution in [0.2, 0.25) is 0 Å². The SMILES string of the molecule is Cc1cc(F)ccc1C(NN)C1CN(C)CCO1. The van der Waals surface area contributed by atoms with Crippen LogP contribution in [0.5, 0.6) is 0 Å². The van der Waals surface area contributed by atoms with Crippen molar-refractivity contribution in [3.05, 3.63) is 35.1 Å². The molecule has 100 valence electrons. The Morgan fingerprint density at radius 3 is 2.94 bits per heavy atom. The summed E-state index contributed by atoms with van der Waals surface area (Å²) in [6.45, 7) is 4.32. The van der Waals surface area contributed by atoms with E-state index in [0.717, 1.165) is 24.2 Å². The molecule has 1 aromatic rings. The van der Waals surface area contributed by atoms with E-state index in [1.165, 1.54) is 12.1 Å². The molecule has 0 radical (unpaired) electrons. The topological polar surface area (TPSA) is 50.5 Å². The van der Waals surface area contributed by atoms with Gasteiger partial charge in [-0.25, -0.2) is 4.39 Å². The normalized spacial score (nSPS) is 23.0. The van der Waals surface area contributed by atoms with E-state index in [1.54, 1.807) is 6.07 Å². The van der Waals surface area contributed by atoms with E-state index in [4.69, 9.17) is 10.6 Å². The molecule has 1 aliphatic rings. The first kappa shape index (κ1) is 13.4. The number of hydrogen-bond donors (Lipinski definition) is 2. The van der Waals surface area contributed by atoms with Crippen LogP contribution in [0.1, 0.15) is 17.2 Å². The van der Waals surface area contributed by atoms with Gasteiger partial charge < -0.3 is 9.64 Å². The van der Waals surface area contributed by atoms with Gasteiger partial charge in [0.1, 0.15) is 5.82 Å². The number of halogens is 1. The Kier molecular flexibility index (Phi) is 4.29. The lowest BCUT2D eigenvalue weighted by atomic mass is 9.96. The molecule has 4 nitrogen and oxygen atoms in total. The van der Waals surface area contributed by atoms with Gasteiger partial charge in [-0.3, -0.25) is 11.3 Å². The molecule has 1 fully saturated rings. The van der Waals surface area contributed by atoms with Crippen molar-refractivity contribution in [3.63, 3.8) is 0 Å². The van der Waals surface area contributed by atoms with Crippen molar-refractivity contribution in [2.24, 2.45) is 5.84 Å². The smallest absolute Gasteiger partial charge is 0.123 e. The fraction of sp³-hybridized carbons (Fsp3) is 0.538. The Labute approximate surface area is 107 Å². The maximum absolute atomic E-state index is 13.1. The van der Waals surface area contributed by atoms with Gasteiger partial charge in [0.15, 0.2) is 0 Å². The Morgan fingerprint density at radius 2 is 2.33 bits per heavy atom. The fourth-order valence-electron chi connectivity index (χ4n) is 2.40. The summed E-state index contributed by atoms with van der Waals surface area (Å²) in [5, 5.41) is 0. The number of nitrogens with one attached hydrogen (secondary N) is 1. The third kappa shape index (κ3) is 2.87. The van der Waals surface area contributed by atoms with Crippen molar-refractivity contribution in [1.82, 2.24) is 10.3 Å². The first-order chi connectivity index (χ1) is 8.61. The Morgan fingerprint density at radius 1 is 1.56 bits per heavy atom. The van der Waals surface area contributed by atoms with Crippen LogP contribution >= 0.6 is 0 Å². The molecule has 1 aliphatic heterocycles. The Bertz CT molecular complexity index is 413. The van der Waals surface area contributed by atoms with E-state index in [9.17, 15) is 4.39 Å². The number of morpholine rings is 1. The molecule has 1 heterocycles. The Hall–Kier alpha value is -1.01. The highest BCUT2D eigenvalue weighted by Gasteiger charge is 2.28. The van der Waals surface area contributed by atoms with Crippen molar-refractivity contribution in [1.29, 1.82) is 0 Å². The molecule has 0 aromatic heterocycles. The summed E-state index contributed by atoms with van der Waals surface area (Å²) in [6, 6.07) is 4.63. The number of nitrogens with two attached hydrogens (primary N) is 1. The molecule has 0 amide bonds. The highest BCUT2D eigenvalue weighted by Crippen LogP contribution is 2.24. The predicted octanol–water partition coefficient (Wildman–Crippen LogP) is 0.969. The highest BCUT2D eigenvalue weighted by atomic mass is 19.1. The minimum atomic E-state index is -0.228. The van der Waals surface area contributed by atoms with E-state index in [-0.39, 0.29) is 18.0 Å². The number of hydrazine groups is 1. The lowest BCUT2D eigenvalue weighted by Crippen LogP contribution is -2.48. The summed E-state index contributed by atoms with van der Waals surface area (Å²) in [7, 11) is 2.06. The van der Waals surface area contributed by atoms with Gasteiger partial charge in [0.2, 0.25) is 0 Å². The molecule has 2 atom stereocenters. The number of benzene rings is 1. The van der Waals surface area contributed by atoms with Crippen molar-refractivity contribution >= 4 is 0 Å².